The van der Waals surface area contributed by atoms with E-state index >= 15 is 0 Å². The van der Waals surface area contributed by atoms with Crippen LogP contribution < -0.4 is 0 Å². The van der Waals surface area contributed by atoms with Crippen LogP contribution in [-0.2, 0) is 0 Å². The fourth-order valence-corrected chi connectivity index (χ4v) is 5.47. The summed E-state index contributed by atoms with van der Waals surface area (Å²) in [5, 5.41) is 9.38. The Balaban J connectivity index is 1.70. The SMILES string of the molecule is CCSc1nnc(Sc2ncc(C(=O)N3CCCCC3)cc2Cl)s1. The third kappa shape index (κ3) is 4.41. The molecule has 2 aromatic heterocycles. The predicted molar refractivity (Wildman–Crippen MR) is 99.4 cm³/mol. The van der Waals surface area contributed by atoms with Crippen LogP contribution in [0.3, 0.4) is 0 Å². The molecule has 0 spiro atoms. The number of carbonyl (C=O) groups excluding carboxylic acids is 1. The molecular formula is C15H17ClN4OS3. The first kappa shape index (κ1) is 18.0. The Bertz CT molecular complexity index is 718. The molecule has 0 unspecified atom stereocenters. The lowest BCUT2D eigenvalue weighted by Crippen LogP contribution is -2.35. The molecule has 3 rings (SSSR count). The summed E-state index contributed by atoms with van der Waals surface area (Å²) in [6, 6.07) is 1.70. The van der Waals surface area contributed by atoms with Gasteiger partial charge in [0.25, 0.3) is 5.91 Å². The van der Waals surface area contributed by atoms with Crippen LogP contribution in [-0.4, -0.2) is 44.8 Å². The van der Waals surface area contributed by atoms with Crippen molar-refractivity contribution in [1.82, 2.24) is 20.1 Å². The van der Waals surface area contributed by atoms with Crippen molar-refractivity contribution in [3.05, 3.63) is 22.8 Å². The van der Waals surface area contributed by atoms with Crippen LogP contribution in [0.4, 0.5) is 0 Å². The molecule has 0 saturated carbocycles. The molecule has 2 aromatic rings. The van der Waals surface area contributed by atoms with Gasteiger partial charge in [0.15, 0.2) is 8.68 Å². The van der Waals surface area contributed by atoms with Crippen molar-refractivity contribution in [2.45, 2.75) is 39.9 Å². The monoisotopic (exact) mass is 400 g/mol. The zero-order chi connectivity index (χ0) is 16.9. The van der Waals surface area contributed by atoms with Gasteiger partial charge in [0.05, 0.1) is 10.6 Å². The van der Waals surface area contributed by atoms with E-state index in [2.05, 4.69) is 22.1 Å². The number of piperidine rings is 1. The summed E-state index contributed by atoms with van der Waals surface area (Å²) in [5.74, 6) is 0.976. The van der Waals surface area contributed by atoms with Crippen molar-refractivity contribution < 1.29 is 4.79 Å². The first-order chi connectivity index (χ1) is 11.7. The molecule has 1 fully saturated rings. The molecule has 0 atom stereocenters. The first-order valence-electron chi connectivity index (χ1n) is 7.76. The Labute approximate surface area is 158 Å². The molecule has 24 heavy (non-hydrogen) atoms. The number of nitrogens with zero attached hydrogens (tertiary/aromatic N) is 4. The lowest BCUT2D eigenvalue weighted by Gasteiger charge is -2.26. The zero-order valence-corrected chi connectivity index (χ0v) is 16.4. The summed E-state index contributed by atoms with van der Waals surface area (Å²) in [7, 11) is 0. The largest absolute Gasteiger partial charge is 0.339 e. The minimum atomic E-state index is 0.0122. The van der Waals surface area contributed by atoms with Gasteiger partial charge in [0.2, 0.25) is 0 Å². The molecule has 3 heterocycles. The highest BCUT2D eigenvalue weighted by atomic mass is 35.5. The van der Waals surface area contributed by atoms with Crippen LogP contribution in [0, 0.1) is 0 Å². The van der Waals surface area contributed by atoms with E-state index in [0.717, 1.165) is 40.4 Å². The van der Waals surface area contributed by atoms with Crippen molar-refractivity contribution in [1.29, 1.82) is 0 Å². The quantitative estimate of drug-likeness (QED) is 0.690. The minimum absolute atomic E-state index is 0.0122. The molecule has 0 radical (unpaired) electrons. The second kappa shape index (κ2) is 8.51. The minimum Gasteiger partial charge on any atom is -0.339 e. The van der Waals surface area contributed by atoms with E-state index in [9.17, 15) is 4.79 Å². The molecule has 0 bridgehead atoms. The smallest absolute Gasteiger partial charge is 0.255 e. The Morgan fingerprint density at radius 3 is 2.75 bits per heavy atom. The van der Waals surface area contributed by atoms with E-state index in [0.29, 0.717) is 15.6 Å². The molecule has 1 amide bonds. The molecule has 0 aromatic carbocycles. The number of aromatic nitrogens is 3. The maximum atomic E-state index is 12.5. The number of halogens is 1. The van der Waals surface area contributed by atoms with E-state index in [1.54, 1.807) is 24.0 Å². The highest BCUT2D eigenvalue weighted by Gasteiger charge is 2.20. The van der Waals surface area contributed by atoms with E-state index in [-0.39, 0.29) is 5.91 Å². The van der Waals surface area contributed by atoms with Crippen LogP contribution in [0.1, 0.15) is 36.5 Å². The fourth-order valence-electron chi connectivity index (χ4n) is 2.40. The highest BCUT2D eigenvalue weighted by molar-refractivity contribution is 8.03. The average Bonchev–Trinajstić information content (AvgIpc) is 3.04. The van der Waals surface area contributed by atoms with Gasteiger partial charge >= 0.3 is 0 Å². The maximum Gasteiger partial charge on any atom is 0.255 e. The van der Waals surface area contributed by atoms with Crippen molar-refractivity contribution in [3.63, 3.8) is 0 Å². The van der Waals surface area contributed by atoms with Crippen molar-refractivity contribution in [2.75, 3.05) is 18.8 Å². The third-order valence-corrected chi connectivity index (χ3v) is 6.95. The number of hydrogen-bond acceptors (Lipinski definition) is 7. The lowest BCUT2D eigenvalue weighted by atomic mass is 10.1. The topological polar surface area (TPSA) is 59.0 Å². The van der Waals surface area contributed by atoms with E-state index in [1.807, 2.05) is 4.90 Å². The summed E-state index contributed by atoms with van der Waals surface area (Å²) in [6.07, 6.45) is 4.93. The molecular weight excluding hydrogens is 384 g/mol. The van der Waals surface area contributed by atoms with Gasteiger partial charge in [0.1, 0.15) is 5.03 Å². The van der Waals surface area contributed by atoms with Crippen LogP contribution in [0.15, 0.2) is 26.0 Å². The van der Waals surface area contributed by atoms with Gasteiger partial charge in [-0.3, -0.25) is 4.79 Å². The normalized spacial score (nSPS) is 14.8. The number of rotatable bonds is 5. The summed E-state index contributed by atoms with van der Waals surface area (Å²) in [4.78, 5) is 18.7. The number of hydrogen-bond donors (Lipinski definition) is 0. The number of carbonyl (C=O) groups is 1. The summed E-state index contributed by atoms with van der Waals surface area (Å²) in [6.45, 7) is 3.71. The first-order valence-corrected chi connectivity index (χ1v) is 10.8. The average molecular weight is 401 g/mol. The molecule has 1 aliphatic rings. The van der Waals surface area contributed by atoms with Crippen molar-refractivity contribution in [2.24, 2.45) is 0 Å². The van der Waals surface area contributed by atoms with Crippen LogP contribution >= 0.6 is 46.5 Å². The van der Waals surface area contributed by atoms with Gasteiger partial charge < -0.3 is 4.90 Å². The standard InChI is InChI=1S/C15H17ClN4OS3/c1-2-22-14-18-19-15(24-14)23-12-11(16)8-10(9-17-12)13(21)20-6-4-3-5-7-20/h8-9H,2-7H2,1H3. The van der Waals surface area contributed by atoms with Gasteiger partial charge in [-0.2, -0.15) is 0 Å². The fraction of sp³-hybridized carbons (Fsp3) is 0.467. The zero-order valence-electron chi connectivity index (χ0n) is 13.2. The van der Waals surface area contributed by atoms with Crippen molar-refractivity contribution in [3.8, 4) is 0 Å². The van der Waals surface area contributed by atoms with Gasteiger partial charge in [0, 0.05) is 19.3 Å². The van der Waals surface area contributed by atoms with Gasteiger partial charge in [-0.05, 0) is 42.8 Å². The van der Waals surface area contributed by atoms with Crippen LogP contribution in [0.25, 0.3) is 0 Å². The highest BCUT2D eigenvalue weighted by Crippen LogP contribution is 2.36. The Morgan fingerprint density at radius 1 is 1.29 bits per heavy atom. The van der Waals surface area contributed by atoms with E-state index in [1.165, 1.54) is 29.5 Å². The molecule has 128 valence electrons. The van der Waals surface area contributed by atoms with Gasteiger partial charge in [-0.1, -0.05) is 41.6 Å². The number of likely N-dealkylation sites (tertiary alicyclic amines) is 1. The number of thioether (sulfide) groups is 1. The van der Waals surface area contributed by atoms with E-state index in [4.69, 9.17) is 11.6 Å². The number of pyridine rings is 1. The molecule has 0 aliphatic carbocycles. The van der Waals surface area contributed by atoms with Gasteiger partial charge in [-0.25, -0.2) is 4.98 Å². The molecule has 9 heteroatoms. The van der Waals surface area contributed by atoms with Crippen LogP contribution in [0.2, 0.25) is 5.02 Å². The Hall–Kier alpha value is -0.830. The molecule has 1 aliphatic heterocycles. The van der Waals surface area contributed by atoms with Crippen molar-refractivity contribution >= 4 is 52.4 Å². The summed E-state index contributed by atoms with van der Waals surface area (Å²) in [5.41, 5.74) is 0.547. The molecule has 5 nitrogen and oxygen atoms in total. The molecule has 0 N–H and O–H groups in total. The molecule has 1 saturated heterocycles. The second-order valence-corrected chi connectivity index (χ2v) is 9.36. The Morgan fingerprint density at radius 2 is 2.04 bits per heavy atom. The van der Waals surface area contributed by atoms with Gasteiger partial charge in [-0.15, -0.1) is 10.2 Å². The lowest BCUT2D eigenvalue weighted by molar-refractivity contribution is 0.0724. The maximum absolute atomic E-state index is 12.5. The second-order valence-electron chi connectivity index (χ2n) is 5.23. The Kier molecular flexibility index (Phi) is 6.37. The predicted octanol–water partition coefficient (Wildman–Crippen LogP) is 4.48. The van der Waals surface area contributed by atoms with E-state index < -0.39 is 0 Å². The summed E-state index contributed by atoms with van der Waals surface area (Å²) >= 11 is 10.9. The number of amides is 1. The van der Waals surface area contributed by atoms with Crippen LogP contribution in [0.5, 0.6) is 0 Å². The summed E-state index contributed by atoms with van der Waals surface area (Å²) < 4.78 is 1.74. The third-order valence-electron chi connectivity index (χ3n) is 3.54.